The number of hydrogen-bond acceptors (Lipinski definition) is 4. The molecule has 2 N–H and O–H groups in total. The predicted octanol–water partition coefficient (Wildman–Crippen LogP) is 1.47. The summed E-state index contributed by atoms with van der Waals surface area (Å²) in [6.45, 7) is 10.2. The van der Waals surface area contributed by atoms with Crippen molar-refractivity contribution >= 4 is 12.6 Å². The number of amidine groups is 1. The summed E-state index contributed by atoms with van der Waals surface area (Å²) in [6.07, 6.45) is 2.89. The van der Waals surface area contributed by atoms with Crippen molar-refractivity contribution in [3.8, 4) is 0 Å². The molecule has 0 saturated carbocycles. The first-order chi connectivity index (χ1) is 8.56. The third kappa shape index (κ3) is 4.49. The standard InChI is InChI=1S/C13H24N4O/c1-10-5-6-17(8-10)12(14)7-13(15-3)16-11(2)9-18-4/h7,10-11,14,16H,3,5-6,8-9H2,1-2,4H3/b13-7+,14-12?/t10?,11-/m1/s1. The highest BCUT2D eigenvalue weighted by atomic mass is 16.5. The zero-order valence-corrected chi connectivity index (χ0v) is 11.6. The molecule has 1 fully saturated rings. The molecule has 0 amide bonds. The molecule has 0 bridgehead atoms. The molecule has 0 aromatic heterocycles. The summed E-state index contributed by atoms with van der Waals surface area (Å²) in [7, 11) is 1.66. The van der Waals surface area contributed by atoms with Crippen molar-refractivity contribution in [2.75, 3.05) is 26.8 Å². The van der Waals surface area contributed by atoms with Crippen LogP contribution in [0.25, 0.3) is 0 Å². The maximum absolute atomic E-state index is 8.05. The van der Waals surface area contributed by atoms with E-state index in [1.807, 2.05) is 6.92 Å². The summed E-state index contributed by atoms with van der Waals surface area (Å²) in [6, 6.07) is 0.150. The molecule has 1 rings (SSSR count). The Hall–Kier alpha value is -1.36. The largest absolute Gasteiger partial charge is 0.383 e. The van der Waals surface area contributed by atoms with Gasteiger partial charge in [0, 0.05) is 32.3 Å². The van der Waals surface area contributed by atoms with Gasteiger partial charge in [0.05, 0.1) is 6.61 Å². The number of hydrogen-bond donors (Lipinski definition) is 2. The van der Waals surface area contributed by atoms with Crippen LogP contribution in [0, 0.1) is 11.3 Å². The zero-order chi connectivity index (χ0) is 13.5. The first-order valence-corrected chi connectivity index (χ1v) is 6.34. The van der Waals surface area contributed by atoms with Gasteiger partial charge >= 0.3 is 0 Å². The Morgan fingerprint density at radius 3 is 2.94 bits per heavy atom. The van der Waals surface area contributed by atoms with Crippen molar-refractivity contribution < 1.29 is 4.74 Å². The van der Waals surface area contributed by atoms with Gasteiger partial charge in [0.15, 0.2) is 0 Å². The average molecular weight is 252 g/mol. The smallest absolute Gasteiger partial charge is 0.129 e. The molecule has 1 saturated heterocycles. The molecule has 5 heteroatoms. The lowest BCUT2D eigenvalue weighted by atomic mass is 10.2. The number of aliphatic imine (C=N–C) groups is 1. The third-order valence-electron chi connectivity index (χ3n) is 3.02. The van der Waals surface area contributed by atoms with Gasteiger partial charge in [-0.1, -0.05) is 6.92 Å². The Morgan fingerprint density at radius 2 is 2.44 bits per heavy atom. The van der Waals surface area contributed by atoms with E-state index in [-0.39, 0.29) is 6.04 Å². The summed E-state index contributed by atoms with van der Waals surface area (Å²) in [5, 5.41) is 11.2. The predicted molar refractivity (Wildman–Crippen MR) is 75.2 cm³/mol. The van der Waals surface area contributed by atoms with Crippen LogP contribution >= 0.6 is 0 Å². The summed E-state index contributed by atoms with van der Waals surface area (Å²) in [5.74, 6) is 1.79. The summed E-state index contributed by atoms with van der Waals surface area (Å²) in [4.78, 5) is 5.99. The summed E-state index contributed by atoms with van der Waals surface area (Å²) in [5.41, 5.74) is 0. The van der Waals surface area contributed by atoms with Crippen LogP contribution in [0.5, 0.6) is 0 Å². The molecule has 5 nitrogen and oxygen atoms in total. The number of ether oxygens (including phenoxy) is 1. The van der Waals surface area contributed by atoms with Crippen LogP contribution in [0.2, 0.25) is 0 Å². The SMILES string of the molecule is C=N/C(=C\C(=N)N1CCC(C)C1)N[C@H](C)COC. The van der Waals surface area contributed by atoms with Crippen LogP contribution < -0.4 is 5.32 Å². The van der Waals surface area contributed by atoms with Crippen molar-refractivity contribution in [3.05, 3.63) is 11.9 Å². The number of rotatable bonds is 6. The van der Waals surface area contributed by atoms with E-state index in [1.54, 1.807) is 13.2 Å². The van der Waals surface area contributed by atoms with Gasteiger partial charge in [-0.2, -0.15) is 0 Å². The molecule has 102 valence electrons. The third-order valence-corrected chi connectivity index (χ3v) is 3.02. The van der Waals surface area contributed by atoms with Crippen LogP contribution in [-0.2, 0) is 4.74 Å². The monoisotopic (exact) mass is 252 g/mol. The molecule has 1 aliphatic rings. The number of nitrogens with one attached hydrogen (secondary N) is 2. The average Bonchev–Trinajstić information content (AvgIpc) is 2.75. The van der Waals surface area contributed by atoms with Gasteiger partial charge in [-0.05, 0) is 26.0 Å². The normalized spacial score (nSPS) is 21.8. The molecule has 1 aliphatic heterocycles. The molecule has 1 unspecified atom stereocenters. The number of likely N-dealkylation sites (tertiary alicyclic amines) is 1. The van der Waals surface area contributed by atoms with E-state index in [9.17, 15) is 0 Å². The van der Waals surface area contributed by atoms with E-state index in [2.05, 4.69) is 28.9 Å². The van der Waals surface area contributed by atoms with E-state index < -0.39 is 0 Å². The van der Waals surface area contributed by atoms with Gasteiger partial charge in [-0.25, -0.2) is 4.99 Å². The lowest BCUT2D eigenvalue weighted by molar-refractivity contribution is 0.176. The fourth-order valence-corrected chi connectivity index (χ4v) is 2.05. The van der Waals surface area contributed by atoms with Gasteiger partial charge in [0.2, 0.25) is 0 Å². The molecule has 0 spiro atoms. The highest BCUT2D eigenvalue weighted by Gasteiger charge is 2.20. The fraction of sp³-hybridized carbons (Fsp3) is 0.692. The summed E-state index contributed by atoms with van der Waals surface area (Å²) < 4.78 is 5.05. The molecule has 0 radical (unpaired) electrons. The van der Waals surface area contributed by atoms with Crippen LogP contribution in [0.1, 0.15) is 20.3 Å². The van der Waals surface area contributed by atoms with Gasteiger partial charge in [-0.3, -0.25) is 5.41 Å². The van der Waals surface area contributed by atoms with Crippen LogP contribution in [0.15, 0.2) is 16.9 Å². The molecule has 18 heavy (non-hydrogen) atoms. The molecule has 0 aromatic rings. The van der Waals surface area contributed by atoms with Gasteiger partial charge in [-0.15, -0.1) is 0 Å². The van der Waals surface area contributed by atoms with Crippen LogP contribution in [0.3, 0.4) is 0 Å². The molecule has 2 atom stereocenters. The van der Waals surface area contributed by atoms with Crippen LogP contribution in [0.4, 0.5) is 0 Å². The first kappa shape index (κ1) is 14.7. The van der Waals surface area contributed by atoms with Crippen molar-refractivity contribution in [2.45, 2.75) is 26.3 Å². The minimum Gasteiger partial charge on any atom is -0.383 e. The Kier molecular flexibility index (Phi) is 5.85. The maximum atomic E-state index is 8.05. The fourth-order valence-electron chi connectivity index (χ4n) is 2.05. The van der Waals surface area contributed by atoms with Gasteiger partial charge in [0.25, 0.3) is 0 Å². The van der Waals surface area contributed by atoms with E-state index in [0.29, 0.717) is 24.2 Å². The number of methoxy groups -OCH3 is 1. The topological polar surface area (TPSA) is 60.7 Å². The second-order valence-electron chi connectivity index (χ2n) is 4.91. The Bertz CT molecular complexity index is 327. The highest BCUT2D eigenvalue weighted by Crippen LogP contribution is 2.15. The minimum absolute atomic E-state index is 0.150. The Morgan fingerprint density at radius 1 is 1.72 bits per heavy atom. The molecular formula is C13H24N4O. The maximum Gasteiger partial charge on any atom is 0.129 e. The van der Waals surface area contributed by atoms with Crippen LogP contribution in [-0.4, -0.2) is 50.3 Å². The van der Waals surface area contributed by atoms with Gasteiger partial charge < -0.3 is 15.0 Å². The Balaban J connectivity index is 2.55. The van der Waals surface area contributed by atoms with Crippen molar-refractivity contribution in [1.29, 1.82) is 5.41 Å². The van der Waals surface area contributed by atoms with Crippen molar-refractivity contribution in [1.82, 2.24) is 10.2 Å². The zero-order valence-electron chi connectivity index (χ0n) is 11.6. The molecule has 1 heterocycles. The van der Waals surface area contributed by atoms with Gasteiger partial charge in [0.1, 0.15) is 11.7 Å². The van der Waals surface area contributed by atoms with E-state index in [0.717, 1.165) is 19.5 Å². The second kappa shape index (κ2) is 7.16. The lowest BCUT2D eigenvalue weighted by Crippen LogP contribution is -2.31. The Labute approximate surface area is 109 Å². The molecular weight excluding hydrogens is 228 g/mol. The summed E-state index contributed by atoms with van der Waals surface area (Å²) >= 11 is 0. The lowest BCUT2D eigenvalue weighted by Gasteiger charge is -2.18. The van der Waals surface area contributed by atoms with E-state index >= 15 is 0 Å². The number of nitrogens with zero attached hydrogens (tertiary/aromatic N) is 2. The van der Waals surface area contributed by atoms with E-state index in [1.165, 1.54) is 0 Å². The second-order valence-corrected chi connectivity index (χ2v) is 4.91. The van der Waals surface area contributed by atoms with Crippen molar-refractivity contribution in [3.63, 3.8) is 0 Å². The van der Waals surface area contributed by atoms with E-state index in [4.69, 9.17) is 10.1 Å². The quantitative estimate of drug-likeness (QED) is 0.556. The first-order valence-electron chi connectivity index (χ1n) is 6.34. The highest BCUT2D eigenvalue weighted by molar-refractivity contribution is 5.91. The molecule has 0 aromatic carbocycles. The van der Waals surface area contributed by atoms with Crippen molar-refractivity contribution in [2.24, 2.45) is 10.9 Å². The molecule has 0 aliphatic carbocycles. The minimum atomic E-state index is 0.150.